The zero-order valence-corrected chi connectivity index (χ0v) is 22.5. The summed E-state index contributed by atoms with van der Waals surface area (Å²) in [6, 6.07) is 15.6. The van der Waals surface area contributed by atoms with Gasteiger partial charge in [-0.3, -0.25) is 9.80 Å². The highest BCUT2D eigenvalue weighted by molar-refractivity contribution is 5.68. The fourth-order valence-electron chi connectivity index (χ4n) is 5.36. The van der Waals surface area contributed by atoms with Gasteiger partial charge in [-0.2, -0.15) is 0 Å². The molecular weight excluding hydrogens is 512 g/mol. The Hall–Kier alpha value is -3.22. The highest BCUT2D eigenvalue weighted by Gasteiger charge is 2.33. The van der Waals surface area contributed by atoms with Crippen LogP contribution in [0, 0.1) is 10.1 Å². The highest BCUT2D eigenvalue weighted by Crippen LogP contribution is 2.24. The van der Waals surface area contributed by atoms with Gasteiger partial charge in [0, 0.05) is 41.5 Å². The molecule has 1 fully saturated rings. The van der Waals surface area contributed by atoms with Gasteiger partial charge >= 0.3 is 0 Å². The molecule has 10 nitrogen and oxygen atoms in total. The van der Waals surface area contributed by atoms with E-state index in [4.69, 9.17) is 18.9 Å². The summed E-state index contributed by atoms with van der Waals surface area (Å²) in [5.41, 5.74) is 1.74. The summed E-state index contributed by atoms with van der Waals surface area (Å²) in [6.45, 7) is 5.10. The molecular formula is C30H34N4O6. The summed E-state index contributed by atoms with van der Waals surface area (Å²) in [5.74, 6) is 0. The van der Waals surface area contributed by atoms with E-state index in [0.717, 1.165) is 30.7 Å². The summed E-state index contributed by atoms with van der Waals surface area (Å²) >= 11 is 0. The molecule has 0 aromatic heterocycles. The van der Waals surface area contributed by atoms with Crippen LogP contribution in [0.25, 0.3) is 23.5 Å². The van der Waals surface area contributed by atoms with Crippen molar-refractivity contribution in [1.82, 2.24) is 14.9 Å². The van der Waals surface area contributed by atoms with Gasteiger partial charge in [0.2, 0.25) is 0 Å². The van der Waals surface area contributed by atoms with Gasteiger partial charge in [-0.1, -0.05) is 42.5 Å². The Labute approximate surface area is 232 Å². The molecule has 1 saturated heterocycles. The van der Waals surface area contributed by atoms with Gasteiger partial charge in [0.1, 0.15) is 5.70 Å². The van der Waals surface area contributed by atoms with Crippen molar-refractivity contribution >= 4 is 23.5 Å². The molecule has 210 valence electrons. The van der Waals surface area contributed by atoms with Crippen molar-refractivity contribution in [2.24, 2.45) is 0 Å². The lowest BCUT2D eigenvalue weighted by molar-refractivity contribution is -0.398. The molecule has 0 N–H and O–H groups in total. The fraction of sp³-hybridized carbons (Fsp3) is 0.400. The number of allylic oxidation sites excluding steroid dienone is 2. The number of benzene rings is 2. The van der Waals surface area contributed by atoms with Crippen LogP contribution in [-0.2, 0) is 18.9 Å². The third kappa shape index (κ3) is 5.79. The van der Waals surface area contributed by atoms with E-state index in [-0.39, 0.29) is 0 Å². The Morgan fingerprint density at radius 3 is 1.95 bits per heavy atom. The van der Waals surface area contributed by atoms with Crippen molar-refractivity contribution < 1.29 is 23.7 Å². The van der Waals surface area contributed by atoms with Gasteiger partial charge < -0.3 is 29.2 Å². The maximum Gasteiger partial charge on any atom is 0.286 e. The van der Waals surface area contributed by atoms with Crippen LogP contribution in [0.4, 0.5) is 0 Å². The van der Waals surface area contributed by atoms with E-state index < -0.39 is 0 Å². The monoisotopic (exact) mass is 546 g/mol. The fourth-order valence-corrected chi connectivity index (χ4v) is 5.36. The van der Waals surface area contributed by atoms with E-state index in [9.17, 15) is 10.1 Å². The summed E-state index contributed by atoms with van der Waals surface area (Å²) < 4.78 is 24.5. The second kappa shape index (κ2) is 12.5. The molecule has 2 aromatic carbocycles. The normalized spacial score (nSPS) is 24.7. The molecule has 0 aliphatic carbocycles. The topological polar surface area (TPSA) is 89.8 Å². The van der Waals surface area contributed by atoms with E-state index in [2.05, 4.69) is 0 Å². The lowest BCUT2D eigenvalue weighted by Gasteiger charge is -2.38. The van der Waals surface area contributed by atoms with Crippen molar-refractivity contribution in [3.05, 3.63) is 90.9 Å². The first-order valence-electron chi connectivity index (χ1n) is 13.7. The SMILES string of the molecule is O=[N+]1C2=C3C=c4ccccc4=C(CN4CCOCCOCCN(COCCOC4)CC1=c1ccccc1=C2)N3[O-]. The van der Waals surface area contributed by atoms with E-state index in [1.54, 1.807) is 0 Å². The second-order valence-corrected chi connectivity index (χ2v) is 10.1. The predicted octanol–water partition coefficient (Wildman–Crippen LogP) is -0.406. The number of hydrogen-bond donors (Lipinski definition) is 0. The number of rotatable bonds is 0. The third-order valence-corrected chi connectivity index (χ3v) is 7.46. The minimum Gasteiger partial charge on any atom is -0.754 e. The van der Waals surface area contributed by atoms with E-state index in [1.807, 2.05) is 70.5 Å². The Bertz CT molecular complexity index is 1540. The van der Waals surface area contributed by atoms with Crippen LogP contribution in [-0.4, -0.2) is 98.9 Å². The van der Waals surface area contributed by atoms with Crippen molar-refractivity contribution in [1.29, 1.82) is 0 Å². The molecule has 0 radical (unpaired) electrons. The first-order chi connectivity index (χ1) is 19.7. The zero-order chi connectivity index (χ0) is 27.3. The third-order valence-electron chi connectivity index (χ3n) is 7.46. The number of nitrogens with zero attached hydrogens (tertiary/aromatic N) is 4. The zero-order valence-electron chi connectivity index (χ0n) is 22.5. The largest absolute Gasteiger partial charge is 0.754 e. The smallest absolute Gasteiger partial charge is 0.286 e. The van der Waals surface area contributed by atoms with Gasteiger partial charge in [0.15, 0.2) is 0 Å². The minimum atomic E-state index is 0.312. The van der Waals surface area contributed by atoms with Crippen LogP contribution in [0.5, 0.6) is 0 Å². The van der Waals surface area contributed by atoms with Crippen molar-refractivity contribution in [3.63, 3.8) is 0 Å². The molecule has 4 aliphatic rings. The van der Waals surface area contributed by atoms with Crippen molar-refractivity contribution in [3.8, 4) is 0 Å². The molecule has 2 aromatic rings. The quantitative estimate of drug-likeness (QED) is 0.410. The number of nitroso groups, excluding NO2 is 1. The molecule has 2 atom stereocenters. The Kier molecular flexibility index (Phi) is 8.45. The van der Waals surface area contributed by atoms with Gasteiger partial charge in [-0.15, -0.1) is 0 Å². The van der Waals surface area contributed by atoms with Gasteiger partial charge in [0.05, 0.1) is 69.6 Å². The van der Waals surface area contributed by atoms with E-state index >= 15 is 0 Å². The molecule has 4 heterocycles. The lowest BCUT2D eigenvalue weighted by atomic mass is 10.0. The van der Waals surface area contributed by atoms with Gasteiger partial charge in [-0.05, 0) is 22.6 Å². The molecule has 0 amide bonds. The van der Waals surface area contributed by atoms with Crippen LogP contribution in [0.2, 0.25) is 0 Å². The van der Waals surface area contributed by atoms with Crippen LogP contribution < -0.4 is 20.9 Å². The van der Waals surface area contributed by atoms with Crippen LogP contribution in [0.1, 0.15) is 0 Å². The molecule has 4 aliphatic heterocycles. The van der Waals surface area contributed by atoms with Gasteiger partial charge in [-0.25, -0.2) is 0 Å². The maximum absolute atomic E-state index is 14.1. The molecule has 2 unspecified atom stereocenters. The first kappa shape index (κ1) is 27.0. The van der Waals surface area contributed by atoms with Crippen LogP contribution >= 0.6 is 0 Å². The molecule has 40 heavy (non-hydrogen) atoms. The van der Waals surface area contributed by atoms with Crippen molar-refractivity contribution in [2.75, 3.05) is 79.3 Å². The Morgan fingerprint density at radius 1 is 0.675 bits per heavy atom. The number of ether oxygens (including phenoxy) is 4. The number of hydrogen-bond acceptors (Lipinski definition) is 9. The highest BCUT2D eigenvalue weighted by atomic mass is 16.5. The molecule has 0 spiro atoms. The standard InChI is InChI=1S/C30H34N4O6/c35-33-27-17-23-5-1-3-7-25(23)29(33)19-31-9-11-37-13-14-38-12-10-32(22-40-16-15-39-21-31)20-30-26-8-4-2-6-24(26)18-28(27)34(30)36/h1-8,17-18H,9-16,19-22H2. The second-order valence-electron chi connectivity index (χ2n) is 10.1. The van der Waals surface area contributed by atoms with Crippen LogP contribution in [0.3, 0.4) is 0 Å². The summed E-state index contributed by atoms with van der Waals surface area (Å²) in [4.78, 5) is 18.2. The summed E-state index contributed by atoms with van der Waals surface area (Å²) in [5, 5.41) is 18.5. The molecule has 10 heteroatoms. The molecule has 0 saturated carbocycles. The summed E-state index contributed by atoms with van der Waals surface area (Å²) in [7, 11) is 0. The van der Waals surface area contributed by atoms with Crippen LogP contribution in [0.15, 0.2) is 59.9 Å². The minimum absolute atomic E-state index is 0.312. The Morgan fingerprint density at radius 2 is 1.25 bits per heavy atom. The van der Waals surface area contributed by atoms with E-state index in [0.29, 0.717) is 102 Å². The van der Waals surface area contributed by atoms with E-state index in [1.165, 1.54) is 0 Å². The average Bonchev–Trinajstić information content (AvgIpc) is 2.97. The lowest BCUT2D eigenvalue weighted by Crippen LogP contribution is -2.45. The molecule has 6 bridgehead atoms. The van der Waals surface area contributed by atoms with Gasteiger partial charge in [0.25, 0.3) is 11.4 Å². The van der Waals surface area contributed by atoms with Crippen molar-refractivity contribution in [2.45, 2.75) is 0 Å². The predicted molar refractivity (Wildman–Crippen MR) is 149 cm³/mol. The number of fused-ring (bicyclic) bond motifs is 13. The maximum atomic E-state index is 14.1. The number of hydroxylamine groups is 2. The molecule has 6 rings (SSSR count). The Balaban J connectivity index is 1.55. The first-order valence-corrected chi connectivity index (χ1v) is 13.7. The summed E-state index contributed by atoms with van der Waals surface area (Å²) in [6.07, 6.45) is 3.63. The average molecular weight is 547 g/mol.